The molecular formula is C26H37N3. The molecule has 2 heterocycles. The Kier molecular flexibility index (Phi) is 5.64. The average Bonchev–Trinajstić information content (AvgIpc) is 2.97. The molecule has 0 aliphatic heterocycles. The number of pyridine rings is 1. The van der Waals surface area contributed by atoms with E-state index in [-0.39, 0.29) is 5.41 Å². The van der Waals surface area contributed by atoms with Crippen LogP contribution >= 0.6 is 0 Å². The molecule has 3 aromatic rings. The summed E-state index contributed by atoms with van der Waals surface area (Å²) in [5, 5.41) is 0. The molecule has 1 aromatic carbocycles. The maximum atomic E-state index is 5.16. The van der Waals surface area contributed by atoms with Gasteiger partial charge in [0, 0.05) is 28.4 Å². The summed E-state index contributed by atoms with van der Waals surface area (Å²) in [4.78, 5) is 10.2. The van der Waals surface area contributed by atoms with Crippen molar-refractivity contribution in [3.05, 3.63) is 46.3 Å². The van der Waals surface area contributed by atoms with Gasteiger partial charge in [0.05, 0.1) is 11.0 Å². The van der Waals surface area contributed by atoms with Gasteiger partial charge >= 0.3 is 0 Å². The number of hydrogen-bond acceptors (Lipinski definition) is 2. The van der Waals surface area contributed by atoms with Gasteiger partial charge in [-0.05, 0) is 81.8 Å². The molecule has 2 aromatic heterocycles. The van der Waals surface area contributed by atoms with Crippen LogP contribution in [-0.4, -0.2) is 14.5 Å². The largest absolute Gasteiger partial charge is 0.321 e. The van der Waals surface area contributed by atoms with Crippen molar-refractivity contribution in [3.63, 3.8) is 0 Å². The number of hydrogen-bond donors (Lipinski definition) is 0. The molecule has 0 bridgehead atoms. The van der Waals surface area contributed by atoms with E-state index in [1.54, 1.807) is 0 Å². The summed E-state index contributed by atoms with van der Waals surface area (Å²) in [6.45, 7) is 22.3. The highest BCUT2D eigenvalue weighted by Gasteiger charge is 2.26. The van der Waals surface area contributed by atoms with Crippen LogP contribution in [0.15, 0.2) is 18.2 Å². The summed E-state index contributed by atoms with van der Waals surface area (Å²) in [6.07, 6.45) is 1.10. The molecule has 3 rings (SSSR count). The van der Waals surface area contributed by atoms with Gasteiger partial charge in [-0.2, -0.15) is 0 Å². The predicted molar refractivity (Wildman–Crippen MR) is 125 cm³/mol. The number of aromatic nitrogens is 3. The highest BCUT2D eigenvalue weighted by atomic mass is 15.1. The Bertz CT molecular complexity index is 1050. The van der Waals surface area contributed by atoms with Crippen molar-refractivity contribution in [2.24, 2.45) is 0 Å². The van der Waals surface area contributed by atoms with E-state index >= 15 is 0 Å². The summed E-state index contributed by atoms with van der Waals surface area (Å²) in [5.41, 5.74) is 9.74. The van der Waals surface area contributed by atoms with Gasteiger partial charge in [-0.25, -0.2) is 4.98 Å². The fraction of sp³-hybridized carbons (Fsp3) is 0.538. The SMILES string of the molecule is CCC(C)c1cc(C(C)(C)C)nc(C)c1-c1nc2cc(C)c(C)cc2n1C(C)C. The van der Waals surface area contributed by atoms with Gasteiger partial charge < -0.3 is 4.57 Å². The van der Waals surface area contributed by atoms with Crippen molar-refractivity contribution in [1.29, 1.82) is 0 Å². The fourth-order valence-electron chi connectivity index (χ4n) is 4.03. The van der Waals surface area contributed by atoms with Gasteiger partial charge in [0.25, 0.3) is 0 Å². The lowest BCUT2D eigenvalue weighted by atomic mass is 9.85. The first-order chi connectivity index (χ1) is 13.5. The van der Waals surface area contributed by atoms with E-state index in [9.17, 15) is 0 Å². The third-order valence-electron chi connectivity index (χ3n) is 6.19. The second-order valence-corrected chi connectivity index (χ2v) is 9.94. The Labute approximate surface area is 176 Å². The smallest absolute Gasteiger partial charge is 0.143 e. The number of nitrogens with zero attached hydrogens (tertiary/aromatic N) is 3. The molecule has 0 saturated heterocycles. The van der Waals surface area contributed by atoms with Crippen molar-refractivity contribution in [2.75, 3.05) is 0 Å². The molecule has 0 spiro atoms. The lowest BCUT2D eigenvalue weighted by Gasteiger charge is -2.25. The van der Waals surface area contributed by atoms with E-state index in [1.165, 1.54) is 27.8 Å². The van der Waals surface area contributed by atoms with Crippen LogP contribution in [0.25, 0.3) is 22.4 Å². The summed E-state index contributed by atoms with van der Waals surface area (Å²) >= 11 is 0. The van der Waals surface area contributed by atoms with Crippen LogP contribution in [-0.2, 0) is 5.41 Å². The molecule has 0 fully saturated rings. The molecule has 0 saturated carbocycles. The summed E-state index contributed by atoms with van der Waals surface area (Å²) in [5.74, 6) is 1.51. The van der Waals surface area contributed by atoms with Crippen LogP contribution < -0.4 is 0 Å². The zero-order chi connectivity index (χ0) is 21.7. The molecule has 156 valence electrons. The maximum Gasteiger partial charge on any atom is 0.143 e. The zero-order valence-corrected chi connectivity index (χ0v) is 19.9. The Hall–Kier alpha value is -2.16. The highest BCUT2D eigenvalue weighted by Crippen LogP contribution is 2.38. The molecule has 0 amide bonds. The first kappa shape index (κ1) is 21.5. The van der Waals surface area contributed by atoms with Crippen LogP contribution in [0.3, 0.4) is 0 Å². The van der Waals surface area contributed by atoms with E-state index in [0.717, 1.165) is 29.1 Å². The molecule has 3 nitrogen and oxygen atoms in total. The van der Waals surface area contributed by atoms with Crippen molar-refractivity contribution in [3.8, 4) is 11.4 Å². The molecular weight excluding hydrogens is 354 g/mol. The van der Waals surface area contributed by atoms with Gasteiger partial charge in [-0.3, -0.25) is 4.98 Å². The van der Waals surface area contributed by atoms with Crippen molar-refractivity contribution >= 4 is 11.0 Å². The molecule has 0 aliphatic rings. The molecule has 1 unspecified atom stereocenters. The van der Waals surface area contributed by atoms with Crippen LogP contribution in [0.4, 0.5) is 0 Å². The topological polar surface area (TPSA) is 30.7 Å². The van der Waals surface area contributed by atoms with Crippen molar-refractivity contribution in [2.45, 2.75) is 93.0 Å². The minimum atomic E-state index is 0.0257. The van der Waals surface area contributed by atoms with Gasteiger partial charge in [-0.15, -0.1) is 0 Å². The fourth-order valence-corrected chi connectivity index (χ4v) is 4.03. The van der Waals surface area contributed by atoms with E-state index < -0.39 is 0 Å². The second kappa shape index (κ2) is 7.59. The normalized spacial score (nSPS) is 13.5. The molecule has 0 N–H and O–H groups in total. The van der Waals surface area contributed by atoms with Gasteiger partial charge in [0.2, 0.25) is 0 Å². The van der Waals surface area contributed by atoms with E-state index in [0.29, 0.717) is 12.0 Å². The second-order valence-electron chi connectivity index (χ2n) is 9.94. The Morgan fingerprint density at radius 3 is 2.10 bits per heavy atom. The molecule has 0 aliphatic carbocycles. The van der Waals surface area contributed by atoms with Crippen molar-refractivity contribution in [1.82, 2.24) is 14.5 Å². The number of fused-ring (bicyclic) bond motifs is 1. The third-order valence-corrected chi connectivity index (χ3v) is 6.19. The zero-order valence-electron chi connectivity index (χ0n) is 19.9. The van der Waals surface area contributed by atoms with Crippen LogP contribution in [0.2, 0.25) is 0 Å². The summed E-state index contributed by atoms with van der Waals surface area (Å²) in [7, 11) is 0. The molecule has 29 heavy (non-hydrogen) atoms. The van der Waals surface area contributed by atoms with E-state index in [1.807, 2.05) is 0 Å². The van der Waals surface area contributed by atoms with Gasteiger partial charge in [0.1, 0.15) is 5.82 Å². The number of rotatable bonds is 4. The maximum absolute atomic E-state index is 5.16. The first-order valence-electron chi connectivity index (χ1n) is 11.0. The number of benzene rings is 1. The van der Waals surface area contributed by atoms with Gasteiger partial charge in [-0.1, -0.05) is 34.6 Å². The number of imidazole rings is 1. The highest BCUT2D eigenvalue weighted by molar-refractivity contribution is 5.83. The molecule has 1 atom stereocenters. The first-order valence-corrected chi connectivity index (χ1v) is 11.0. The molecule has 3 heteroatoms. The van der Waals surface area contributed by atoms with Gasteiger partial charge in [0.15, 0.2) is 0 Å². The monoisotopic (exact) mass is 391 g/mol. The standard InChI is InChI=1S/C26H37N3/c1-11-16(4)20-14-23(26(8,9)10)27-19(7)24(20)25-28-21-12-17(5)18(6)13-22(21)29(25)15(2)3/h12-16H,11H2,1-10H3. The van der Waals surface area contributed by atoms with E-state index in [4.69, 9.17) is 9.97 Å². The summed E-state index contributed by atoms with van der Waals surface area (Å²) < 4.78 is 2.40. The van der Waals surface area contributed by atoms with Crippen LogP contribution in [0.1, 0.15) is 94.9 Å². The molecule has 0 radical (unpaired) electrons. The van der Waals surface area contributed by atoms with Crippen LogP contribution in [0.5, 0.6) is 0 Å². The Balaban J connectivity index is 2.41. The Morgan fingerprint density at radius 1 is 0.931 bits per heavy atom. The van der Waals surface area contributed by atoms with E-state index in [2.05, 4.69) is 92.0 Å². The minimum Gasteiger partial charge on any atom is -0.321 e. The van der Waals surface area contributed by atoms with Crippen molar-refractivity contribution < 1.29 is 0 Å². The minimum absolute atomic E-state index is 0.0257. The summed E-state index contributed by atoms with van der Waals surface area (Å²) in [6, 6.07) is 7.17. The van der Waals surface area contributed by atoms with Crippen LogP contribution in [0, 0.1) is 20.8 Å². The lowest BCUT2D eigenvalue weighted by Crippen LogP contribution is -2.17. The predicted octanol–water partition coefficient (Wildman–Crippen LogP) is 7.42. The third kappa shape index (κ3) is 3.84. The number of aryl methyl sites for hydroxylation is 3. The average molecular weight is 392 g/mol. The Morgan fingerprint density at radius 2 is 1.55 bits per heavy atom. The lowest BCUT2D eigenvalue weighted by molar-refractivity contribution is 0.563. The quantitative estimate of drug-likeness (QED) is 0.463.